The molecule has 3 atom stereocenters. The topological polar surface area (TPSA) is 118 Å². The molecule has 1 saturated carbocycles. The molecule has 4 rings (SSSR count). The Balaban J connectivity index is 1.62. The molecule has 0 aliphatic heterocycles. The first-order valence-corrected chi connectivity index (χ1v) is 13.7. The average molecular weight is 496 g/mol. The number of nitrogens with one attached hydrogen (secondary N) is 2. The normalized spacial score (nSPS) is 23.0. The summed E-state index contributed by atoms with van der Waals surface area (Å²) >= 11 is 7.41. The third-order valence-corrected chi connectivity index (χ3v) is 8.42. The van der Waals surface area contributed by atoms with E-state index in [2.05, 4.69) is 10.0 Å². The van der Waals surface area contributed by atoms with Gasteiger partial charge in [-0.1, -0.05) is 36.6 Å². The number of sulfonamides is 1. The number of carbonyl (C=O) groups excluding carboxylic acids is 2. The van der Waals surface area contributed by atoms with E-state index in [1.807, 2.05) is 24.3 Å². The van der Waals surface area contributed by atoms with Crippen LogP contribution in [0.15, 0.2) is 24.3 Å². The van der Waals surface area contributed by atoms with E-state index in [1.54, 1.807) is 0 Å². The fourth-order valence-corrected chi connectivity index (χ4v) is 7.13. The first kappa shape index (κ1) is 23.2. The minimum absolute atomic E-state index is 0.0148. The minimum Gasteiger partial charge on any atom is -0.365 e. The summed E-state index contributed by atoms with van der Waals surface area (Å²) in [4.78, 5) is 26.6. The van der Waals surface area contributed by atoms with Crippen LogP contribution in [0.25, 0.3) is 0 Å². The predicted molar refractivity (Wildman–Crippen MR) is 127 cm³/mol. The highest BCUT2D eigenvalue weighted by atomic mass is 35.5. The molecule has 1 aromatic carbocycles. The molecule has 7 nitrogen and oxygen atoms in total. The van der Waals surface area contributed by atoms with Crippen LogP contribution in [0, 0.1) is 5.92 Å². The molecule has 0 bridgehead atoms. The summed E-state index contributed by atoms with van der Waals surface area (Å²) in [5.74, 6) is -1.34. The molecule has 4 N–H and O–H groups in total. The number of hydrogen-bond donors (Lipinski definition) is 3. The number of rotatable bonds is 6. The lowest BCUT2D eigenvalue weighted by atomic mass is 9.84. The van der Waals surface area contributed by atoms with Gasteiger partial charge in [-0.25, -0.2) is 13.1 Å². The highest BCUT2D eigenvalue weighted by Gasteiger charge is 2.36. The summed E-state index contributed by atoms with van der Waals surface area (Å²) in [6.07, 6.45) is 5.66. The second-order valence-electron chi connectivity index (χ2n) is 8.53. The smallest absolute Gasteiger partial charge is 0.252 e. The van der Waals surface area contributed by atoms with E-state index >= 15 is 0 Å². The third-order valence-electron chi connectivity index (χ3n) is 6.25. The van der Waals surface area contributed by atoms with E-state index in [4.69, 9.17) is 17.3 Å². The van der Waals surface area contributed by atoms with Crippen LogP contribution in [0.5, 0.6) is 0 Å². The van der Waals surface area contributed by atoms with Gasteiger partial charge in [-0.3, -0.25) is 9.59 Å². The van der Waals surface area contributed by atoms with Gasteiger partial charge >= 0.3 is 0 Å². The number of aryl methyl sites for hydroxylation is 1. The number of amides is 2. The van der Waals surface area contributed by atoms with Gasteiger partial charge in [-0.2, -0.15) is 0 Å². The van der Waals surface area contributed by atoms with E-state index < -0.39 is 27.9 Å². The van der Waals surface area contributed by atoms with Gasteiger partial charge in [0.15, 0.2) is 0 Å². The van der Waals surface area contributed by atoms with Gasteiger partial charge in [0.25, 0.3) is 5.91 Å². The van der Waals surface area contributed by atoms with Crippen LogP contribution in [0.1, 0.15) is 64.4 Å². The molecular weight excluding hydrogens is 470 g/mol. The first-order valence-electron chi connectivity index (χ1n) is 10.6. The van der Waals surface area contributed by atoms with Crippen molar-refractivity contribution in [3.05, 3.63) is 50.9 Å². The van der Waals surface area contributed by atoms with Crippen LogP contribution in [-0.4, -0.2) is 32.5 Å². The quantitative estimate of drug-likeness (QED) is 0.567. The Morgan fingerprint density at radius 1 is 1.12 bits per heavy atom. The number of primary amides is 1. The van der Waals surface area contributed by atoms with Gasteiger partial charge in [0.1, 0.15) is 5.00 Å². The number of benzene rings is 1. The summed E-state index contributed by atoms with van der Waals surface area (Å²) in [7, 11) is -3.43. The molecule has 1 unspecified atom stereocenters. The molecule has 1 fully saturated rings. The highest BCUT2D eigenvalue weighted by Crippen LogP contribution is 2.48. The van der Waals surface area contributed by atoms with E-state index in [0.717, 1.165) is 47.9 Å². The molecule has 2 aliphatic carbocycles. The van der Waals surface area contributed by atoms with Crippen LogP contribution < -0.4 is 15.8 Å². The average Bonchev–Trinajstić information content (AvgIpc) is 3.26. The van der Waals surface area contributed by atoms with Crippen molar-refractivity contribution in [1.29, 1.82) is 0 Å². The number of halogens is 1. The van der Waals surface area contributed by atoms with Gasteiger partial charge in [-0.05, 0) is 48.9 Å². The van der Waals surface area contributed by atoms with E-state index in [9.17, 15) is 18.0 Å². The zero-order valence-electron chi connectivity index (χ0n) is 17.7. The van der Waals surface area contributed by atoms with Gasteiger partial charge in [0, 0.05) is 21.9 Å². The van der Waals surface area contributed by atoms with E-state index in [-0.39, 0.29) is 11.8 Å². The summed E-state index contributed by atoms with van der Waals surface area (Å²) in [5, 5.41) is 4.01. The predicted octanol–water partition coefficient (Wildman–Crippen LogP) is 3.63. The molecule has 0 radical (unpaired) electrons. The molecule has 2 aliphatic rings. The first-order chi connectivity index (χ1) is 15.1. The van der Waals surface area contributed by atoms with Crippen molar-refractivity contribution in [3.8, 4) is 0 Å². The van der Waals surface area contributed by atoms with Crippen LogP contribution >= 0.6 is 22.9 Å². The molecule has 2 aromatic rings. The number of fused-ring (bicyclic) bond motifs is 1. The van der Waals surface area contributed by atoms with Crippen molar-refractivity contribution in [2.24, 2.45) is 11.7 Å². The van der Waals surface area contributed by atoms with Gasteiger partial charge in [0.05, 0.1) is 17.7 Å². The lowest BCUT2D eigenvalue weighted by Crippen LogP contribution is -2.46. The molecule has 1 aromatic heterocycles. The Bertz CT molecular complexity index is 1140. The summed E-state index contributed by atoms with van der Waals surface area (Å²) in [6.45, 7) is 0. The van der Waals surface area contributed by atoms with Gasteiger partial charge in [-0.15, -0.1) is 11.3 Å². The standard InChI is InChI=1S/C22H26ClN3O4S2/c1-32(29,30)26-16-5-3-2-4-15(16)21(28)25-22-19(20(24)27)18-14(10-11-17(18)31-22)12-6-8-13(23)9-7-12/h6-9,14-16,26H,2-5,10-11H2,1H3,(H2,24,27)(H,25,28)/t14?,15-,16+/m0/s1. The number of hydrogen-bond acceptors (Lipinski definition) is 5. The van der Waals surface area contributed by atoms with Crippen LogP contribution in [0.4, 0.5) is 5.00 Å². The molecule has 2 amide bonds. The zero-order chi connectivity index (χ0) is 23.0. The molecule has 0 spiro atoms. The summed E-state index contributed by atoms with van der Waals surface area (Å²) < 4.78 is 26.1. The largest absolute Gasteiger partial charge is 0.365 e. The number of nitrogens with two attached hydrogens (primary N) is 1. The Kier molecular flexibility index (Phi) is 6.63. The summed E-state index contributed by atoms with van der Waals surface area (Å²) in [6, 6.07) is 7.10. The van der Waals surface area contributed by atoms with Crippen molar-refractivity contribution in [2.45, 2.75) is 50.5 Å². The van der Waals surface area contributed by atoms with Crippen LogP contribution in [0.3, 0.4) is 0 Å². The second kappa shape index (κ2) is 9.13. The monoisotopic (exact) mass is 495 g/mol. The fourth-order valence-electron chi connectivity index (χ4n) is 4.89. The Labute approximate surface area is 196 Å². The Hall–Kier alpha value is -1.94. The van der Waals surface area contributed by atoms with E-state index in [0.29, 0.717) is 28.4 Å². The molecule has 32 heavy (non-hydrogen) atoms. The second-order valence-corrected chi connectivity index (χ2v) is 11.8. The maximum absolute atomic E-state index is 13.1. The van der Waals surface area contributed by atoms with E-state index in [1.165, 1.54) is 11.3 Å². The molecule has 10 heteroatoms. The van der Waals surface area contributed by atoms with Gasteiger partial charge in [0.2, 0.25) is 15.9 Å². The molecule has 1 heterocycles. The van der Waals surface area contributed by atoms with Crippen molar-refractivity contribution < 1.29 is 18.0 Å². The fraction of sp³-hybridized carbons (Fsp3) is 0.455. The number of anilines is 1. The molecule has 0 saturated heterocycles. The minimum atomic E-state index is -3.43. The highest BCUT2D eigenvalue weighted by molar-refractivity contribution is 7.88. The lowest BCUT2D eigenvalue weighted by Gasteiger charge is -2.30. The zero-order valence-corrected chi connectivity index (χ0v) is 20.1. The van der Waals surface area contributed by atoms with Crippen molar-refractivity contribution >= 4 is 49.8 Å². The van der Waals surface area contributed by atoms with Gasteiger partial charge < -0.3 is 11.1 Å². The SMILES string of the molecule is CS(=O)(=O)N[C@@H]1CCCC[C@@H]1C(=O)Nc1sc2c(c1C(N)=O)C(c1ccc(Cl)cc1)CC2. The van der Waals surface area contributed by atoms with Crippen molar-refractivity contribution in [1.82, 2.24) is 4.72 Å². The third kappa shape index (κ3) is 4.85. The van der Waals surface area contributed by atoms with Crippen LogP contribution in [0.2, 0.25) is 5.02 Å². The van der Waals surface area contributed by atoms with Crippen molar-refractivity contribution in [3.63, 3.8) is 0 Å². The molecular formula is C22H26ClN3O4S2. The van der Waals surface area contributed by atoms with Crippen molar-refractivity contribution in [2.75, 3.05) is 11.6 Å². The Morgan fingerprint density at radius 2 is 1.81 bits per heavy atom. The summed E-state index contributed by atoms with van der Waals surface area (Å²) in [5.41, 5.74) is 8.06. The lowest BCUT2D eigenvalue weighted by molar-refractivity contribution is -0.121. The Morgan fingerprint density at radius 3 is 2.47 bits per heavy atom. The van der Waals surface area contributed by atoms with Crippen LogP contribution in [-0.2, 0) is 21.2 Å². The maximum Gasteiger partial charge on any atom is 0.252 e. The maximum atomic E-state index is 13.1. The molecule has 172 valence electrons. The number of carbonyl (C=O) groups is 2. The number of thiophene rings is 1.